The maximum atomic E-state index is 12.0. The van der Waals surface area contributed by atoms with Crippen molar-refractivity contribution in [1.29, 1.82) is 0 Å². The SMILES string of the molecule is CC(C)(C)OC(=O)N1CCN(C(N)=NCC2(O)CCC2)CC1. The molecular weight excluding hydrogens is 284 g/mol. The summed E-state index contributed by atoms with van der Waals surface area (Å²) in [7, 11) is 0. The average Bonchev–Trinajstić information content (AvgIpc) is 2.41. The van der Waals surface area contributed by atoms with Gasteiger partial charge in [-0.15, -0.1) is 0 Å². The van der Waals surface area contributed by atoms with Gasteiger partial charge in [0.2, 0.25) is 0 Å². The molecule has 1 heterocycles. The monoisotopic (exact) mass is 312 g/mol. The summed E-state index contributed by atoms with van der Waals surface area (Å²) >= 11 is 0. The van der Waals surface area contributed by atoms with Crippen molar-refractivity contribution in [2.45, 2.75) is 51.2 Å². The van der Waals surface area contributed by atoms with E-state index in [9.17, 15) is 9.90 Å². The van der Waals surface area contributed by atoms with Gasteiger partial charge in [0.05, 0.1) is 12.1 Å². The summed E-state index contributed by atoms with van der Waals surface area (Å²) in [5.41, 5.74) is 4.86. The molecule has 2 aliphatic rings. The number of aliphatic imine (C=N–C) groups is 1. The van der Waals surface area contributed by atoms with Crippen LogP contribution in [0.1, 0.15) is 40.0 Å². The lowest BCUT2D eigenvalue weighted by Gasteiger charge is -2.37. The fourth-order valence-corrected chi connectivity index (χ4v) is 2.52. The molecule has 3 N–H and O–H groups in total. The molecule has 0 spiro atoms. The smallest absolute Gasteiger partial charge is 0.410 e. The van der Waals surface area contributed by atoms with E-state index in [1.54, 1.807) is 4.90 Å². The molecule has 22 heavy (non-hydrogen) atoms. The normalized spacial score (nSPS) is 22.3. The van der Waals surface area contributed by atoms with E-state index in [0.717, 1.165) is 19.3 Å². The van der Waals surface area contributed by atoms with Crippen LogP contribution in [-0.2, 0) is 4.74 Å². The number of nitrogens with two attached hydrogens (primary N) is 1. The first kappa shape index (κ1) is 16.9. The number of hydrogen-bond acceptors (Lipinski definition) is 4. The molecule has 0 atom stereocenters. The molecule has 1 saturated carbocycles. The van der Waals surface area contributed by atoms with Gasteiger partial charge in [-0.05, 0) is 40.0 Å². The zero-order chi connectivity index (χ0) is 16.4. The number of aliphatic hydroxyl groups is 1. The molecule has 0 bridgehead atoms. The minimum absolute atomic E-state index is 0.286. The van der Waals surface area contributed by atoms with Crippen LogP contribution in [0.15, 0.2) is 4.99 Å². The van der Waals surface area contributed by atoms with Gasteiger partial charge in [0, 0.05) is 26.2 Å². The van der Waals surface area contributed by atoms with Crippen LogP contribution in [0.3, 0.4) is 0 Å². The van der Waals surface area contributed by atoms with Crippen LogP contribution >= 0.6 is 0 Å². The van der Waals surface area contributed by atoms with Crippen LogP contribution in [0.2, 0.25) is 0 Å². The van der Waals surface area contributed by atoms with Gasteiger partial charge in [0.1, 0.15) is 5.60 Å². The van der Waals surface area contributed by atoms with Crippen LogP contribution < -0.4 is 5.73 Å². The molecule has 1 saturated heterocycles. The van der Waals surface area contributed by atoms with Crippen molar-refractivity contribution in [2.75, 3.05) is 32.7 Å². The first-order valence-corrected chi connectivity index (χ1v) is 7.94. The second-order valence-electron chi connectivity index (χ2n) is 7.21. The van der Waals surface area contributed by atoms with E-state index in [4.69, 9.17) is 10.5 Å². The summed E-state index contributed by atoms with van der Waals surface area (Å²) in [6.07, 6.45) is 2.37. The third kappa shape index (κ3) is 4.50. The van der Waals surface area contributed by atoms with Crippen LogP contribution in [0, 0.1) is 0 Å². The first-order valence-electron chi connectivity index (χ1n) is 7.94. The molecule has 7 nitrogen and oxygen atoms in total. The molecular formula is C15H28N4O3. The van der Waals surface area contributed by atoms with Crippen molar-refractivity contribution in [1.82, 2.24) is 9.80 Å². The highest BCUT2D eigenvalue weighted by atomic mass is 16.6. The van der Waals surface area contributed by atoms with E-state index in [-0.39, 0.29) is 6.09 Å². The van der Waals surface area contributed by atoms with E-state index >= 15 is 0 Å². The molecule has 0 aromatic carbocycles. The second-order valence-corrected chi connectivity index (χ2v) is 7.21. The van der Waals surface area contributed by atoms with E-state index in [0.29, 0.717) is 38.7 Å². The Morgan fingerprint density at radius 1 is 1.23 bits per heavy atom. The van der Waals surface area contributed by atoms with E-state index in [1.165, 1.54) is 0 Å². The summed E-state index contributed by atoms with van der Waals surface area (Å²) in [4.78, 5) is 19.9. The molecule has 1 aliphatic heterocycles. The molecule has 0 aromatic rings. The van der Waals surface area contributed by atoms with Crippen molar-refractivity contribution in [3.63, 3.8) is 0 Å². The molecule has 0 radical (unpaired) electrons. The van der Waals surface area contributed by atoms with Gasteiger partial charge in [0.15, 0.2) is 5.96 Å². The number of rotatable bonds is 2. The lowest BCUT2D eigenvalue weighted by atomic mass is 9.80. The van der Waals surface area contributed by atoms with Crippen molar-refractivity contribution < 1.29 is 14.6 Å². The highest BCUT2D eigenvalue weighted by molar-refractivity contribution is 5.78. The number of nitrogens with zero attached hydrogens (tertiary/aromatic N) is 3. The van der Waals surface area contributed by atoms with Gasteiger partial charge in [-0.1, -0.05) is 0 Å². The minimum Gasteiger partial charge on any atom is -0.444 e. The van der Waals surface area contributed by atoms with Gasteiger partial charge in [-0.25, -0.2) is 4.79 Å². The Bertz CT molecular complexity index is 433. The molecule has 0 unspecified atom stereocenters. The number of piperazine rings is 1. The highest BCUT2D eigenvalue weighted by Gasteiger charge is 2.34. The molecule has 126 valence electrons. The summed E-state index contributed by atoms with van der Waals surface area (Å²) in [6.45, 7) is 8.33. The maximum Gasteiger partial charge on any atom is 0.410 e. The molecule has 2 rings (SSSR count). The highest BCUT2D eigenvalue weighted by Crippen LogP contribution is 2.31. The van der Waals surface area contributed by atoms with Crippen LogP contribution in [0.25, 0.3) is 0 Å². The lowest BCUT2D eigenvalue weighted by molar-refractivity contribution is -0.0237. The number of carbonyl (C=O) groups is 1. The first-order chi connectivity index (χ1) is 10.2. The molecule has 2 fully saturated rings. The number of ether oxygens (including phenoxy) is 1. The third-order valence-electron chi connectivity index (χ3n) is 4.07. The van der Waals surface area contributed by atoms with E-state index < -0.39 is 11.2 Å². The largest absolute Gasteiger partial charge is 0.444 e. The molecule has 7 heteroatoms. The van der Waals surface area contributed by atoms with Crippen molar-refractivity contribution in [3.8, 4) is 0 Å². The van der Waals surface area contributed by atoms with Gasteiger partial charge >= 0.3 is 6.09 Å². The van der Waals surface area contributed by atoms with Gasteiger partial charge in [-0.3, -0.25) is 4.99 Å². The predicted molar refractivity (Wildman–Crippen MR) is 84.7 cm³/mol. The van der Waals surface area contributed by atoms with Crippen molar-refractivity contribution in [3.05, 3.63) is 0 Å². The summed E-state index contributed by atoms with van der Waals surface area (Å²) < 4.78 is 5.36. The van der Waals surface area contributed by atoms with Gasteiger partial charge < -0.3 is 25.4 Å². The van der Waals surface area contributed by atoms with Gasteiger partial charge in [-0.2, -0.15) is 0 Å². The summed E-state index contributed by atoms with van der Waals surface area (Å²) in [5.74, 6) is 0.448. The molecule has 1 aliphatic carbocycles. The Hall–Kier alpha value is -1.50. The van der Waals surface area contributed by atoms with Crippen molar-refractivity contribution in [2.24, 2.45) is 10.7 Å². The van der Waals surface area contributed by atoms with Crippen LogP contribution in [0.5, 0.6) is 0 Å². The predicted octanol–water partition coefficient (Wildman–Crippen LogP) is 0.769. The number of amides is 1. The van der Waals surface area contributed by atoms with Crippen LogP contribution in [0.4, 0.5) is 4.79 Å². The third-order valence-corrected chi connectivity index (χ3v) is 4.07. The summed E-state index contributed by atoms with van der Waals surface area (Å²) in [6, 6.07) is 0. The average molecular weight is 312 g/mol. The fourth-order valence-electron chi connectivity index (χ4n) is 2.52. The quantitative estimate of drug-likeness (QED) is 0.580. The Morgan fingerprint density at radius 2 is 1.77 bits per heavy atom. The zero-order valence-electron chi connectivity index (χ0n) is 13.8. The maximum absolute atomic E-state index is 12.0. The second kappa shape index (κ2) is 6.32. The summed E-state index contributed by atoms with van der Waals surface area (Å²) in [5, 5.41) is 10.0. The molecule has 0 aromatic heterocycles. The zero-order valence-corrected chi connectivity index (χ0v) is 13.8. The Morgan fingerprint density at radius 3 is 2.23 bits per heavy atom. The van der Waals surface area contributed by atoms with Crippen LogP contribution in [-0.4, -0.2) is 70.9 Å². The number of carbonyl (C=O) groups excluding carboxylic acids is 1. The molecule has 1 amide bonds. The topological polar surface area (TPSA) is 91.4 Å². The van der Waals surface area contributed by atoms with E-state index in [2.05, 4.69) is 4.99 Å². The van der Waals surface area contributed by atoms with Gasteiger partial charge in [0.25, 0.3) is 0 Å². The van der Waals surface area contributed by atoms with Crippen molar-refractivity contribution >= 4 is 12.1 Å². The standard InChI is InChI=1S/C15H28N4O3/c1-14(2,3)22-13(20)19-9-7-18(8-10-19)12(16)17-11-15(21)5-4-6-15/h21H,4-11H2,1-3H3,(H2,16,17). The Labute approximate surface area is 132 Å². The Kier molecular flexibility index (Phi) is 4.84. The minimum atomic E-state index is -0.650. The lowest BCUT2D eigenvalue weighted by Crippen LogP contribution is -2.53. The number of hydrogen-bond donors (Lipinski definition) is 2. The fraction of sp³-hybridized carbons (Fsp3) is 0.867. The van der Waals surface area contributed by atoms with E-state index in [1.807, 2.05) is 25.7 Å². The number of guanidine groups is 1. The Balaban J connectivity index is 1.78.